The molecule has 0 saturated carbocycles. The van der Waals surface area contributed by atoms with Gasteiger partial charge < -0.3 is 24.4 Å². The molecule has 1 saturated heterocycles. The van der Waals surface area contributed by atoms with Gasteiger partial charge in [-0.15, -0.1) is 13.2 Å². The summed E-state index contributed by atoms with van der Waals surface area (Å²) in [5.41, 5.74) is 1.26. The summed E-state index contributed by atoms with van der Waals surface area (Å²) >= 11 is 0. The lowest BCUT2D eigenvalue weighted by Crippen LogP contribution is -2.65. The standard InChI is InChI=1S/C26H24F3N3O6S/c1-16(33)31-14-19(30-39(35,36)18-12-10-17(11-13-18)38-26(27,28)29)25(34)22(15-31)32-20-6-2-4-8-23(20)37-24-9-5-3-7-21(24)32/h2-13,19,22,25,30,34H,14-15H2,1H3/t19-,22+,25+/m1/s1. The maximum absolute atomic E-state index is 13.2. The van der Waals surface area contributed by atoms with Crippen LogP contribution in [0.25, 0.3) is 0 Å². The van der Waals surface area contributed by atoms with E-state index in [9.17, 15) is 31.5 Å². The average molecular weight is 564 g/mol. The summed E-state index contributed by atoms with van der Waals surface area (Å²) in [4.78, 5) is 15.4. The van der Waals surface area contributed by atoms with E-state index < -0.39 is 40.3 Å². The third kappa shape index (κ3) is 5.51. The molecule has 0 radical (unpaired) electrons. The van der Waals surface area contributed by atoms with E-state index in [0.29, 0.717) is 22.9 Å². The molecule has 5 rings (SSSR count). The van der Waals surface area contributed by atoms with Crippen molar-refractivity contribution in [1.82, 2.24) is 9.62 Å². The number of hydrogen-bond acceptors (Lipinski definition) is 7. The van der Waals surface area contributed by atoms with Crippen molar-refractivity contribution in [2.75, 3.05) is 18.0 Å². The molecule has 13 heteroatoms. The highest BCUT2D eigenvalue weighted by Gasteiger charge is 2.44. The Kier molecular flexibility index (Phi) is 6.91. The highest BCUT2D eigenvalue weighted by molar-refractivity contribution is 7.89. The van der Waals surface area contributed by atoms with Crippen molar-refractivity contribution in [3.05, 3.63) is 72.8 Å². The highest BCUT2D eigenvalue weighted by atomic mass is 32.2. The molecule has 0 unspecified atom stereocenters. The van der Waals surface area contributed by atoms with Gasteiger partial charge in [0.25, 0.3) is 0 Å². The Hall–Kier alpha value is -3.81. The molecular weight excluding hydrogens is 539 g/mol. The van der Waals surface area contributed by atoms with Gasteiger partial charge in [-0.3, -0.25) is 4.79 Å². The number of benzene rings is 3. The molecule has 2 aliphatic heterocycles. The molecule has 0 bridgehead atoms. The highest BCUT2D eigenvalue weighted by Crippen LogP contribution is 2.48. The Bertz CT molecular complexity index is 1440. The quantitative estimate of drug-likeness (QED) is 0.487. The first-order valence-corrected chi connectivity index (χ1v) is 13.4. The fourth-order valence-corrected chi connectivity index (χ4v) is 6.04. The minimum absolute atomic E-state index is 0.0981. The molecule has 3 aromatic rings. The van der Waals surface area contributed by atoms with E-state index in [2.05, 4.69) is 9.46 Å². The number of sulfonamides is 1. The van der Waals surface area contributed by atoms with Crippen LogP contribution in [0, 0.1) is 0 Å². The molecular formula is C26H24F3N3O6S. The van der Waals surface area contributed by atoms with Gasteiger partial charge in [-0.05, 0) is 48.5 Å². The number of hydrogen-bond donors (Lipinski definition) is 2. The maximum atomic E-state index is 13.2. The number of halogens is 3. The van der Waals surface area contributed by atoms with E-state index in [0.717, 1.165) is 24.3 Å². The van der Waals surface area contributed by atoms with Gasteiger partial charge in [0.2, 0.25) is 15.9 Å². The second-order valence-corrected chi connectivity index (χ2v) is 10.9. The number of carbonyl (C=O) groups is 1. The van der Waals surface area contributed by atoms with Gasteiger partial charge in [-0.1, -0.05) is 24.3 Å². The van der Waals surface area contributed by atoms with Crippen molar-refractivity contribution in [1.29, 1.82) is 0 Å². The predicted molar refractivity (Wildman–Crippen MR) is 134 cm³/mol. The molecule has 0 aliphatic carbocycles. The van der Waals surface area contributed by atoms with Crippen molar-refractivity contribution in [3.63, 3.8) is 0 Å². The normalized spacial score (nSPS) is 21.0. The van der Waals surface area contributed by atoms with Crippen LogP contribution >= 0.6 is 0 Å². The Morgan fingerprint density at radius 1 is 0.974 bits per heavy atom. The maximum Gasteiger partial charge on any atom is 0.573 e. The Balaban J connectivity index is 1.47. The number of piperidine rings is 1. The van der Waals surface area contributed by atoms with Crippen LogP contribution in [0.1, 0.15) is 6.92 Å². The lowest BCUT2D eigenvalue weighted by atomic mass is 9.94. The summed E-state index contributed by atoms with van der Waals surface area (Å²) in [6, 6.07) is 16.1. The molecule has 9 nitrogen and oxygen atoms in total. The minimum Gasteiger partial charge on any atom is -0.453 e. The molecule has 206 valence electrons. The molecule has 1 fully saturated rings. The van der Waals surface area contributed by atoms with Gasteiger partial charge in [-0.25, -0.2) is 13.1 Å². The van der Waals surface area contributed by atoms with Gasteiger partial charge in [0.15, 0.2) is 11.5 Å². The Morgan fingerprint density at radius 3 is 2.08 bits per heavy atom. The molecule has 39 heavy (non-hydrogen) atoms. The van der Waals surface area contributed by atoms with Gasteiger partial charge in [0.05, 0.1) is 34.5 Å². The van der Waals surface area contributed by atoms with Crippen LogP contribution in [-0.2, 0) is 14.8 Å². The summed E-state index contributed by atoms with van der Waals surface area (Å²) in [7, 11) is -4.31. The number of aliphatic hydroxyl groups excluding tert-OH is 1. The number of aliphatic hydroxyl groups is 1. The van der Waals surface area contributed by atoms with Crippen molar-refractivity contribution in [2.24, 2.45) is 0 Å². The number of fused-ring (bicyclic) bond motifs is 2. The van der Waals surface area contributed by atoms with Crippen molar-refractivity contribution in [3.8, 4) is 17.2 Å². The van der Waals surface area contributed by atoms with E-state index in [4.69, 9.17) is 4.74 Å². The predicted octanol–water partition coefficient (Wildman–Crippen LogP) is 3.77. The van der Waals surface area contributed by atoms with Crippen LogP contribution in [0.15, 0.2) is 77.7 Å². The largest absolute Gasteiger partial charge is 0.573 e. The minimum atomic E-state index is -4.92. The number of alkyl halides is 3. The van der Waals surface area contributed by atoms with Crippen LogP contribution in [0.5, 0.6) is 17.2 Å². The fourth-order valence-electron chi connectivity index (χ4n) is 4.80. The van der Waals surface area contributed by atoms with E-state index in [1.165, 1.54) is 11.8 Å². The first-order valence-electron chi connectivity index (χ1n) is 11.9. The molecule has 0 spiro atoms. The summed E-state index contributed by atoms with van der Waals surface area (Å²) in [5, 5.41) is 11.5. The summed E-state index contributed by atoms with van der Waals surface area (Å²) in [6.07, 6.45) is -6.21. The van der Waals surface area contributed by atoms with E-state index >= 15 is 0 Å². The molecule has 2 aliphatic rings. The summed E-state index contributed by atoms with van der Waals surface area (Å²) < 4.78 is 76.1. The van der Waals surface area contributed by atoms with Crippen LogP contribution < -0.4 is 19.1 Å². The molecule has 1 amide bonds. The topological polar surface area (TPSA) is 108 Å². The number of ether oxygens (including phenoxy) is 2. The van der Waals surface area contributed by atoms with E-state index in [1.807, 2.05) is 4.90 Å². The van der Waals surface area contributed by atoms with Crippen molar-refractivity contribution < 1.29 is 41.0 Å². The molecule has 0 aromatic heterocycles. The first-order chi connectivity index (χ1) is 18.4. The average Bonchev–Trinajstić information content (AvgIpc) is 2.88. The number of anilines is 2. The molecule has 3 atom stereocenters. The monoisotopic (exact) mass is 563 g/mol. The van der Waals surface area contributed by atoms with Crippen LogP contribution in [0.3, 0.4) is 0 Å². The SMILES string of the molecule is CC(=O)N1C[C@@H](NS(=O)(=O)c2ccc(OC(F)(F)F)cc2)[C@H](O)[C@@H](N2c3ccccc3Oc3ccccc32)C1. The smallest absolute Gasteiger partial charge is 0.453 e. The van der Waals surface area contributed by atoms with Gasteiger partial charge in [0, 0.05) is 20.0 Å². The van der Waals surface area contributed by atoms with Crippen LogP contribution in [0.4, 0.5) is 24.5 Å². The number of nitrogens with zero attached hydrogens (tertiary/aromatic N) is 2. The zero-order chi connectivity index (χ0) is 27.9. The Morgan fingerprint density at radius 2 is 1.54 bits per heavy atom. The second kappa shape index (κ2) is 10.1. The lowest BCUT2D eigenvalue weighted by molar-refractivity contribution is -0.274. The van der Waals surface area contributed by atoms with Crippen LogP contribution in [-0.4, -0.2) is 62.0 Å². The first kappa shape index (κ1) is 26.8. The van der Waals surface area contributed by atoms with E-state index in [-0.39, 0.29) is 23.9 Å². The molecule has 3 aromatic carbocycles. The van der Waals surface area contributed by atoms with Gasteiger partial charge in [-0.2, -0.15) is 0 Å². The second-order valence-electron chi connectivity index (χ2n) is 9.14. The van der Waals surface area contributed by atoms with Gasteiger partial charge >= 0.3 is 6.36 Å². The number of carbonyl (C=O) groups excluding carboxylic acids is 1. The number of rotatable bonds is 5. The zero-order valence-corrected chi connectivity index (χ0v) is 21.3. The van der Waals surface area contributed by atoms with Gasteiger partial charge in [0.1, 0.15) is 5.75 Å². The zero-order valence-electron chi connectivity index (χ0n) is 20.5. The summed E-state index contributed by atoms with van der Waals surface area (Å²) in [5.74, 6) is 0.162. The van der Waals surface area contributed by atoms with E-state index in [1.54, 1.807) is 48.5 Å². The lowest BCUT2D eigenvalue weighted by Gasteiger charge is -2.47. The number of nitrogens with one attached hydrogen (secondary N) is 1. The third-order valence-electron chi connectivity index (χ3n) is 6.55. The molecule has 2 heterocycles. The summed E-state index contributed by atoms with van der Waals surface area (Å²) in [6.45, 7) is 1.33. The number of para-hydroxylation sites is 4. The Labute approximate surface area is 222 Å². The third-order valence-corrected chi connectivity index (χ3v) is 8.06. The number of amides is 1. The number of likely N-dealkylation sites (tertiary alicyclic amines) is 1. The fraction of sp³-hybridized carbons (Fsp3) is 0.269. The van der Waals surface area contributed by atoms with Crippen molar-refractivity contribution in [2.45, 2.75) is 36.4 Å². The molecule has 2 N–H and O–H groups in total. The van der Waals surface area contributed by atoms with Crippen molar-refractivity contribution >= 4 is 27.3 Å². The van der Waals surface area contributed by atoms with Crippen LogP contribution in [0.2, 0.25) is 0 Å².